The Balaban J connectivity index is 1.62. The minimum atomic E-state index is -3.69. The Labute approximate surface area is 165 Å². The molecule has 0 aliphatic rings. The Morgan fingerprint density at radius 1 is 1.07 bits per heavy atom. The molecule has 0 bridgehead atoms. The summed E-state index contributed by atoms with van der Waals surface area (Å²) in [7, 11) is -3.69. The fourth-order valence-corrected chi connectivity index (χ4v) is 4.02. The van der Waals surface area contributed by atoms with E-state index in [1.807, 2.05) is 0 Å². The monoisotopic (exact) mass is 419 g/mol. The first kappa shape index (κ1) is 19.1. The molecule has 0 fully saturated rings. The van der Waals surface area contributed by atoms with Crippen LogP contribution >= 0.6 is 22.9 Å². The highest BCUT2D eigenvalue weighted by Gasteiger charge is 2.15. The van der Waals surface area contributed by atoms with Crippen LogP contribution in [0.3, 0.4) is 0 Å². The first-order valence-corrected chi connectivity index (χ1v) is 10.4. The molecule has 6 nitrogen and oxygen atoms in total. The van der Waals surface area contributed by atoms with Crippen molar-refractivity contribution in [2.75, 3.05) is 10.0 Å². The highest BCUT2D eigenvalue weighted by molar-refractivity contribution is 7.93. The maximum atomic E-state index is 12.3. The highest BCUT2D eigenvalue weighted by Crippen LogP contribution is 2.19. The van der Waals surface area contributed by atoms with Crippen LogP contribution in [0.25, 0.3) is 0 Å². The number of aromatic nitrogens is 1. The van der Waals surface area contributed by atoms with Gasteiger partial charge in [0, 0.05) is 40.1 Å². The van der Waals surface area contributed by atoms with E-state index in [2.05, 4.69) is 15.0 Å². The maximum Gasteiger partial charge on any atom is 0.263 e. The molecule has 0 amide bonds. The second-order valence-corrected chi connectivity index (χ2v) is 8.33. The summed E-state index contributed by atoms with van der Waals surface area (Å²) in [6, 6.07) is 12.7. The summed E-state index contributed by atoms with van der Waals surface area (Å²) >= 11 is 6.99. The van der Waals surface area contributed by atoms with Crippen molar-refractivity contribution in [3.8, 4) is 0 Å². The van der Waals surface area contributed by atoms with Crippen LogP contribution in [0.1, 0.15) is 10.4 Å². The Hall–Kier alpha value is -2.68. The molecule has 0 radical (unpaired) electrons. The van der Waals surface area contributed by atoms with Gasteiger partial charge in [0.25, 0.3) is 10.0 Å². The first-order valence-electron chi connectivity index (χ1n) is 7.69. The van der Waals surface area contributed by atoms with Crippen LogP contribution in [0, 0.1) is 0 Å². The highest BCUT2D eigenvalue weighted by atomic mass is 35.5. The third-order valence-corrected chi connectivity index (χ3v) is 5.86. The molecule has 0 aliphatic heterocycles. The SMILES string of the molecule is O=C(/C=C\Nc1ccc(S(=O)(=O)Nc2nccs2)cc1)c1ccc(Cl)cc1. The lowest BCUT2D eigenvalue weighted by molar-refractivity contribution is 0.104. The second-order valence-electron chi connectivity index (χ2n) is 5.32. The summed E-state index contributed by atoms with van der Waals surface area (Å²) in [4.78, 5) is 16.0. The number of benzene rings is 2. The molecule has 0 saturated carbocycles. The smallest absolute Gasteiger partial charge is 0.263 e. The summed E-state index contributed by atoms with van der Waals surface area (Å²) in [5.41, 5.74) is 1.16. The van der Waals surface area contributed by atoms with E-state index >= 15 is 0 Å². The number of sulfonamides is 1. The second kappa shape index (κ2) is 8.34. The van der Waals surface area contributed by atoms with Gasteiger partial charge in [-0.25, -0.2) is 13.4 Å². The third-order valence-electron chi connectivity index (χ3n) is 3.43. The molecule has 27 heavy (non-hydrogen) atoms. The summed E-state index contributed by atoms with van der Waals surface area (Å²) < 4.78 is 26.9. The molecule has 2 aromatic carbocycles. The van der Waals surface area contributed by atoms with Crippen molar-refractivity contribution in [2.24, 2.45) is 0 Å². The normalized spacial score (nSPS) is 11.4. The third kappa shape index (κ3) is 5.16. The molecule has 0 aliphatic carbocycles. The minimum absolute atomic E-state index is 0.115. The Morgan fingerprint density at radius 2 is 1.78 bits per heavy atom. The molecule has 138 valence electrons. The van der Waals surface area contributed by atoms with Gasteiger partial charge < -0.3 is 5.32 Å². The predicted molar refractivity (Wildman–Crippen MR) is 108 cm³/mol. The van der Waals surface area contributed by atoms with Crippen LogP contribution in [-0.2, 0) is 10.0 Å². The Morgan fingerprint density at radius 3 is 2.41 bits per heavy atom. The molecule has 3 rings (SSSR count). The number of ketones is 1. The van der Waals surface area contributed by atoms with Crippen molar-refractivity contribution >= 4 is 49.6 Å². The summed E-state index contributed by atoms with van der Waals surface area (Å²) in [6.07, 6.45) is 4.40. The van der Waals surface area contributed by atoms with Crippen molar-refractivity contribution in [3.63, 3.8) is 0 Å². The Bertz CT molecular complexity index is 1050. The van der Waals surface area contributed by atoms with E-state index in [-0.39, 0.29) is 10.7 Å². The number of nitrogens with zero attached hydrogens (tertiary/aromatic N) is 1. The zero-order valence-corrected chi connectivity index (χ0v) is 16.2. The van der Waals surface area contributed by atoms with E-state index in [1.54, 1.807) is 41.8 Å². The van der Waals surface area contributed by atoms with Gasteiger partial charge in [-0.3, -0.25) is 9.52 Å². The van der Waals surface area contributed by atoms with Crippen molar-refractivity contribution in [1.29, 1.82) is 0 Å². The fraction of sp³-hybridized carbons (Fsp3) is 0. The van der Waals surface area contributed by atoms with E-state index in [9.17, 15) is 13.2 Å². The minimum Gasteiger partial charge on any atom is -0.362 e. The number of anilines is 2. The zero-order valence-electron chi connectivity index (χ0n) is 13.8. The fourth-order valence-electron chi connectivity index (χ4n) is 2.10. The molecule has 1 heterocycles. The zero-order chi connectivity index (χ0) is 19.3. The van der Waals surface area contributed by atoms with Crippen LogP contribution in [0.2, 0.25) is 5.02 Å². The molecule has 3 aromatic rings. The summed E-state index contributed by atoms with van der Waals surface area (Å²) in [6.45, 7) is 0. The van der Waals surface area contributed by atoms with Gasteiger partial charge in [0.15, 0.2) is 10.9 Å². The van der Waals surface area contributed by atoms with Crippen LogP contribution in [0.15, 0.2) is 77.3 Å². The van der Waals surface area contributed by atoms with Crippen LogP contribution in [-0.4, -0.2) is 19.2 Å². The lowest BCUT2D eigenvalue weighted by atomic mass is 10.1. The van der Waals surface area contributed by atoms with Gasteiger partial charge in [0.2, 0.25) is 0 Å². The molecule has 2 N–H and O–H groups in total. The van der Waals surface area contributed by atoms with Crippen molar-refractivity contribution in [1.82, 2.24) is 4.98 Å². The maximum absolute atomic E-state index is 12.3. The van der Waals surface area contributed by atoms with E-state index in [1.165, 1.54) is 41.9 Å². The lowest BCUT2D eigenvalue weighted by Crippen LogP contribution is -2.12. The number of nitrogens with one attached hydrogen (secondary N) is 2. The molecule has 9 heteroatoms. The standard InChI is InChI=1S/C18H14ClN3O3S2/c19-14-3-1-13(2-4-14)17(23)9-10-20-15-5-7-16(8-6-15)27(24,25)22-18-21-11-12-26-18/h1-12,20H,(H,21,22)/b10-9-. The number of halogens is 1. The Kier molecular flexibility index (Phi) is 5.90. The van der Waals surface area contributed by atoms with Crippen LogP contribution < -0.4 is 10.0 Å². The molecule has 1 aromatic heterocycles. The number of carbonyl (C=O) groups excluding carboxylic acids is 1. The van der Waals surface area contributed by atoms with Gasteiger partial charge in [0.05, 0.1) is 4.90 Å². The average Bonchev–Trinajstić information content (AvgIpc) is 3.15. The number of rotatable bonds is 7. The van der Waals surface area contributed by atoms with Crippen molar-refractivity contribution < 1.29 is 13.2 Å². The molecule has 0 spiro atoms. The number of hydrogen-bond acceptors (Lipinski definition) is 6. The number of carbonyl (C=O) groups is 1. The van der Waals surface area contributed by atoms with E-state index in [0.29, 0.717) is 21.4 Å². The van der Waals surface area contributed by atoms with Gasteiger partial charge in [-0.1, -0.05) is 11.6 Å². The average molecular weight is 420 g/mol. The molecular formula is C18H14ClN3O3S2. The summed E-state index contributed by atoms with van der Waals surface area (Å²) in [5.74, 6) is -0.175. The predicted octanol–water partition coefficient (Wildman–Crippen LogP) is 4.41. The topological polar surface area (TPSA) is 88.2 Å². The number of allylic oxidation sites excluding steroid dienone is 1. The van der Waals surface area contributed by atoms with Crippen molar-refractivity contribution in [2.45, 2.75) is 4.90 Å². The van der Waals surface area contributed by atoms with E-state index in [0.717, 1.165) is 0 Å². The number of thiazole rings is 1. The number of hydrogen-bond donors (Lipinski definition) is 2. The molecule has 0 unspecified atom stereocenters. The van der Waals surface area contributed by atoms with Crippen LogP contribution in [0.5, 0.6) is 0 Å². The molecule has 0 saturated heterocycles. The molecular weight excluding hydrogens is 406 g/mol. The van der Waals surface area contributed by atoms with Gasteiger partial charge >= 0.3 is 0 Å². The van der Waals surface area contributed by atoms with E-state index in [4.69, 9.17) is 11.6 Å². The van der Waals surface area contributed by atoms with Gasteiger partial charge in [-0.05, 0) is 48.5 Å². The van der Waals surface area contributed by atoms with Gasteiger partial charge in [0.1, 0.15) is 0 Å². The van der Waals surface area contributed by atoms with Gasteiger partial charge in [-0.15, -0.1) is 11.3 Å². The summed E-state index contributed by atoms with van der Waals surface area (Å²) in [5, 5.41) is 5.48. The first-order chi connectivity index (χ1) is 12.9. The van der Waals surface area contributed by atoms with Gasteiger partial charge in [-0.2, -0.15) is 0 Å². The quantitative estimate of drug-likeness (QED) is 0.437. The van der Waals surface area contributed by atoms with E-state index < -0.39 is 10.0 Å². The molecule has 0 atom stereocenters. The largest absolute Gasteiger partial charge is 0.362 e. The van der Waals surface area contributed by atoms with Crippen LogP contribution in [0.4, 0.5) is 10.8 Å². The van der Waals surface area contributed by atoms with Crippen molar-refractivity contribution in [3.05, 3.63) is 83.0 Å². The lowest BCUT2D eigenvalue weighted by Gasteiger charge is -2.06.